The topological polar surface area (TPSA) is 66.4 Å². The van der Waals surface area contributed by atoms with E-state index in [0.717, 1.165) is 35.9 Å². The summed E-state index contributed by atoms with van der Waals surface area (Å²) in [5, 5.41) is 7.48. The highest BCUT2D eigenvalue weighted by Crippen LogP contribution is 2.32. The molecule has 2 amide bonds. The van der Waals surface area contributed by atoms with E-state index in [4.69, 9.17) is 0 Å². The van der Waals surface area contributed by atoms with E-state index in [0.29, 0.717) is 24.4 Å². The lowest BCUT2D eigenvalue weighted by molar-refractivity contribution is -0.123. The number of nitrogens with one attached hydrogen (secondary N) is 2. The molecule has 6 heteroatoms. The number of rotatable bonds is 5. The monoisotopic (exact) mass is 430 g/mol. The molecule has 2 N–H and O–H groups in total. The van der Waals surface area contributed by atoms with Gasteiger partial charge in [0.25, 0.3) is 5.91 Å². The molecule has 0 radical (unpaired) electrons. The Labute approximate surface area is 188 Å². The van der Waals surface area contributed by atoms with Crippen LogP contribution >= 0.6 is 0 Å². The number of hydrogen-bond acceptors (Lipinski definition) is 3. The van der Waals surface area contributed by atoms with Crippen molar-refractivity contribution in [3.8, 4) is 0 Å². The van der Waals surface area contributed by atoms with Gasteiger partial charge < -0.3 is 20.1 Å². The van der Waals surface area contributed by atoms with Gasteiger partial charge in [0.2, 0.25) is 5.91 Å². The number of fused-ring (bicyclic) bond motifs is 2. The lowest BCUT2D eigenvalue weighted by Crippen LogP contribution is -2.45. The molecule has 0 bridgehead atoms. The number of hydrogen-bond donors (Lipinski definition) is 2. The average Bonchev–Trinajstić information content (AvgIpc) is 3.46. The summed E-state index contributed by atoms with van der Waals surface area (Å²) in [5.41, 5.74) is 4.01. The molecule has 1 aromatic heterocycles. The van der Waals surface area contributed by atoms with E-state index < -0.39 is 0 Å². The van der Waals surface area contributed by atoms with E-state index in [-0.39, 0.29) is 23.9 Å². The van der Waals surface area contributed by atoms with E-state index in [1.807, 2.05) is 54.2 Å². The molecule has 2 aromatic carbocycles. The molecule has 32 heavy (non-hydrogen) atoms. The van der Waals surface area contributed by atoms with Gasteiger partial charge in [-0.05, 0) is 68.2 Å². The first kappa shape index (κ1) is 20.8. The molecule has 0 spiro atoms. The van der Waals surface area contributed by atoms with Crippen LogP contribution < -0.4 is 10.6 Å². The maximum Gasteiger partial charge on any atom is 0.251 e. The van der Waals surface area contributed by atoms with E-state index in [9.17, 15) is 9.59 Å². The summed E-state index contributed by atoms with van der Waals surface area (Å²) in [6.45, 7) is 1.05. The summed E-state index contributed by atoms with van der Waals surface area (Å²) in [4.78, 5) is 28.3. The van der Waals surface area contributed by atoms with Crippen LogP contribution in [0.25, 0.3) is 10.9 Å². The number of aromatic nitrogens is 1. The largest absolute Gasteiger partial charge is 0.351 e. The first-order valence-corrected chi connectivity index (χ1v) is 11.4. The lowest BCUT2D eigenvalue weighted by Gasteiger charge is -2.25. The van der Waals surface area contributed by atoms with Crippen LogP contribution in [0.15, 0.2) is 54.7 Å². The maximum absolute atomic E-state index is 13.1. The lowest BCUT2D eigenvalue weighted by atomic mass is 10.0. The van der Waals surface area contributed by atoms with Crippen molar-refractivity contribution in [1.82, 2.24) is 20.1 Å². The molecule has 166 valence electrons. The van der Waals surface area contributed by atoms with Gasteiger partial charge in [-0.3, -0.25) is 9.59 Å². The van der Waals surface area contributed by atoms with E-state index >= 15 is 0 Å². The zero-order chi connectivity index (χ0) is 22.2. The van der Waals surface area contributed by atoms with E-state index in [1.165, 1.54) is 5.56 Å². The summed E-state index contributed by atoms with van der Waals surface area (Å²) < 4.78 is 2.04. The van der Waals surface area contributed by atoms with Crippen molar-refractivity contribution in [3.05, 3.63) is 71.4 Å². The number of likely N-dealkylation sites (tertiary alicyclic amines) is 1. The molecule has 2 heterocycles. The minimum Gasteiger partial charge on any atom is -0.351 e. The van der Waals surface area contributed by atoms with Crippen LogP contribution in [-0.4, -0.2) is 47.0 Å². The zero-order valence-electron chi connectivity index (χ0n) is 18.7. The predicted molar refractivity (Wildman–Crippen MR) is 125 cm³/mol. The Morgan fingerprint density at radius 2 is 1.91 bits per heavy atom. The number of benzene rings is 2. The number of carbonyl (C=O) groups is 2. The Bertz CT molecular complexity index is 1170. The van der Waals surface area contributed by atoms with Gasteiger partial charge in [0.05, 0.1) is 12.1 Å². The summed E-state index contributed by atoms with van der Waals surface area (Å²) in [6.07, 6.45) is 5.41. The first-order valence-electron chi connectivity index (χ1n) is 11.4. The molecule has 2 aliphatic rings. The second kappa shape index (κ2) is 8.43. The van der Waals surface area contributed by atoms with Crippen LogP contribution in [0, 0.1) is 0 Å². The third-order valence-electron chi connectivity index (χ3n) is 7.11. The second-order valence-electron chi connectivity index (χ2n) is 9.21. The molecule has 1 fully saturated rings. The van der Waals surface area contributed by atoms with Crippen molar-refractivity contribution in [2.45, 2.75) is 43.8 Å². The zero-order valence-corrected chi connectivity index (χ0v) is 18.7. The van der Waals surface area contributed by atoms with Gasteiger partial charge in [-0.1, -0.05) is 24.3 Å². The molecule has 6 nitrogen and oxygen atoms in total. The normalized spacial score (nSPS) is 22.8. The fourth-order valence-electron chi connectivity index (χ4n) is 5.27. The van der Waals surface area contributed by atoms with Gasteiger partial charge in [-0.25, -0.2) is 0 Å². The highest BCUT2D eigenvalue weighted by molar-refractivity contribution is 5.98. The molecule has 5 rings (SSSR count). The van der Waals surface area contributed by atoms with E-state index in [2.05, 4.69) is 34.7 Å². The van der Waals surface area contributed by atoms with Gasteiger partial charge in [-0.2, -0.15) is 0 Å². The van der Waals surface area contributed by atoms with Crippen LogP contribution in [0.1, 0.15) is 46.8 Å². The van der Waals surface area contributed by atoms with Crippen LogP contribution in [0.4, 0.5) is 0 Å². The third kappa shape index (κ3) is 3.91. The molecular formula is C26H30N4O2. The molecule has 3 atom stereocenters. The van der Waals surface area contributed by atoms with Gasteiger partial charge in [0.15, 0.2) is 0 Å². The number of aryl methyl sites for hydroxylation is 1. The number of carbonyl (C=O) groups excluding carboxylic acids is 2. The molecule has 1 aliphatic heterocycles. The Morgan fingerprint density at radius 1 is 1.06 bits per heavy atom. The first-order chi connectivity index (χ1) is 15.5. The summed E-state index contributed by atoms with van der Waals surface area (Å²) in [7, 11) is 4.08. The highest BCUT2D eigenvalue weighted by Gasteiger charge is 2.35. The Kier molecular flexibility index (Phi) is 5.47. The number of amides is 2. The Balaban J connectivity index is 1.33. The van der Waals surface area contributed by atoms with Crippen LogP contribution in [0.5, 0.6) is 0 Å². The number of nitrogens with zero attached hydrogens (tertiary/aromatic N) is 2. The van der Waals surface area contributed by atoms with Gasteiger partial charge in [0.1, 0.15) is 0 Å². The summed E-state index contributed by atoms with van der Waals surface area (Å²) in [6, 6.07) is 15.9. The van der Waals surface area contributed by atoms with Gasteiger partial charge in [-0.15, -0.1) is 0 Å². The van der Waals surface area contributed by atoms with Crippen LogP contribution in [0.2, 0.25) is 0 Å². The smallest absolute Gasteiger partial charge is 0.251 e. The molecule has 3 aromatic rings. The van der Waals surface area contributed by atoms with Crippen molar-refractivity contribution in [2.24, 2.45) is 7.05 Å². The van der Waals surface area contributed by atoms with Crippen LogP contribution in [-0.2, 0) is 18.3 Å². The molecule has 0 unspecified atom stereocenters. The molecule has 1 saturated heterocycles. The Morgan fingerprint density at radius 3 is 2.72 bits per heavy atom. The maximum atomic E-state index is 13.1. The van der Waals surface area contributed by atoms with Gasteiger partial charge in [0, 0.05) is 42.2 Å². The quantitative estimate of drug-likeness (QED) is 0.653. The van der Waals surface area contributed by atoms with Crippen molar-refractivity contribution in [3.63, 3.8) is 0 Å². The average molecular weight is 431 g/mol. The minimum absolute atomic E-state index is 0.0513. The standard InChI is InChI=1S/C26H30N4O2/c1-29-12-5-7-20(29)16-24(31)28-25-21-8-4-3-6-17(21)15-22(25)27-26(32)19-9-10-23-18(14-19)11-13-30(23)2/h3-4,6,8-11,13-14,20,22,25H,5,7,12,15-16H2,1-2H3,(H,27,32)(H,28,31)/t20-,22-,25-/m0/s1. The fraction of sp³-hybridized carbons (Fsp3) is 0.385. The van der Waals surface area contributed by atoms with Crippen molar-refractivity contribution in [1.29, 1.82) is 0 Å². The minimum atomic E-state index is -0.213. The summed E-state index contributed by atoms with van der Waals surface area (Å²) >= 11 is 0. The third-order valence-corrected chi connectivity index (χ3v) is 7.11. The Hall–Kier alpha value is -3.12. The van der Waals surface area contributed by atoms with E-state index in [1.54, 1.807) is 0 Å². The van der Waals surface area contributed by atoms with Crippen molar-refractivity contribution < 1.29 is 9.59 Å². The summed E-state index contributed by atoms with van der Waals surface area (Å²) in [5.74, 6) is -0.0567. The fourth-order valence-corrected chi connectivity index (χ4v) is 5.27. The van der Waals surface area contributed by atoms with Crippen molar-refractivity contribution in [2.75, 3.05) is 13.6 Å². The van der Waals surface area contributed by atoms with Gasteiger partial charge >= 0.3 is 0 Å². The highest BCUT2D eigenvalue weighted by atomic mass is 16.2. The van der Waals surface area contributed by atoms with Crippen molar-refractivity contribution >= 4 is 22.7 Å². The second-order valence-corrected chi connectivity index (χ2v) is 9.21. The molecule has 0 saturated carbocycles. The predicted octanol–water partition coefficient (Wildman–Crippen LogP) is 3.17. The molecular weight excluding hydrogens is 400 g/mol. The SMILES string of the molecule is CN1CCC[C@H]1CC(=O)N[C@H]1c2ccccc2C[C@@H]1NC(=O)c1ccc2c(ccn2C)c1. The van der Waals surface area contributed by atoms with Crippen LogP contribution in [0.3, 0.4) is 0 Å². The molecule has 1 aliphatic carbocycles.